The van der Waals surface area contributed by atoms with Crippen molar-refractivity contribution in [1.82, 2.24) is 5.32 Å². The van der Waals surface area contributed by atoms with Gasteiger partial charge in [-0.05, 0) is 42.5 Å². The van der Waals surface area contributed by atoms with Crippen molar-refractivity contribution in [3.63, 3.8) is 0 Å². The molecule has 1 atom stereocenters. The Morgan fingerprint density at radius 3 is 2.47 bits per heavy atom. The van der Waals surface area contributed by atoms with Crippen LogP contribution in [-0.2, 0) is 0 Å². The number of halogens is 2. The summed E-state index contributed by atoms with van der Waals surface area (Å²) in [6.45, 7) is 3.91. The predicted molar refractivity (Wildman–Crippen MR) is 109 cm³/mol. The van der Waals surface area contributed by atoms with E-state index in [1.807, 2.05) is 30.3 Å². The van der Waals surface area contributed by atoms with Gasteiger partial charge >= 0.3 is 0 Å². The first-order valence-corrected chi connectivity index (χ1v) is 10.0. The van der Waals surface area contributed by atoms with Crippen molar-refractivity contribution in [2.24, 2.45) is 0 Å². The molecule has 1 aliphatic heterocycles. The molecule has 4 rings (SSSR count). The van der Waals surface area contributed by atoms with Crippen LogP contribution in [-0.4, -0.2) is 38.6 Å². The van der Waals surface area contributed by atoms with Crippen molar-refractivity contribution in [3.8, 4) is 0 Å². The monoisotopic (exact) mass is 412 g/mol. The first-order chi connectivity index (χ1) is 14.6. The summed E-state index contributed by atoms with van der Waals surface area (Å²) in [6.07, 6.45) is 1.62. The fourth-order valence-corrected chi connectivity index (χ4v) is 3.91. The molecule has 0 aliphatic carbocycles. The average molecular weight is 412 g/mol. The second-order valence-corrected chi connectivity index (χ2v) is 7.39. The number of carbonyl (C=O) groups is 1. The molecule has 0 radical (unpaired) electrons. The van der Waals surface area contributed by atoms with Gasteiger partial charge in [-0.3, -0.25) is 4.79 Å². The summed E-state index contributed by atoms with van der Waals surface area (Å²) in [5, 5.41) is 2.85. The minimum atomic E-state index is -1.03. The average Bonchev–Trinajstić information content (AvgIpc) is 3.31. The van der Waals surface area contributed by atoms with Crippen molar-refractivity contribution in [2.45, 2.75) is 6.04 Å². The summed E-state index contributed by atoms with van der Waals surface area (Å²) < 4.78 is 32.2. The maximum Gasteiger partial charge on any atom is 0.251 e. The molecule has 30 heavy (non-hydrogen) atoms. The predicted octanol–water partition coefficient (Wildman–Crippen LogP) is 2.43. The van der Waals surface area contributed by atoms with Crippen LogP contribution >= 0.6 is 0 Å². The second-order valence-electron chi connectivity index (χ2n) is 7.39. The molecule has 1 amide bonds. The van der Waals surface area contributed by atoms with E-state index in [0.29, 0.717) is 6.54 Å². The molecule has 0 unspecified atom stereocenters. The third-order valence-electron chi connectivity index (χ3n) is 5.55. The van der Waals surface area contributed by atoms with Gasteiger partial charge in [-0.1, -0.05) is 18.2 Å². The summed E-state index contributed by atoms with van der Waals surface area (Å²) in [4.78, 5) is 16.1. The number of anilines is 1. The van der Waals surface area contributed by atoms with Gasteiger partial charge in [-0.15, -0.1) is 0 Å². The van der Waals surface area contributed by atoms with E-state index in [4.69, 9.17) is 4.42 Å². The lowest BCUT2D eigenvalue weighted by molar-refractivity contribution is -0.932. The first-order valence-electron chi connectivity index (χ1n) is 10.0. The number of para-hydroxylation sites is 1. The van der Waals surface area contributed by atoms with Crippen LogP contribution in [0.5, 0.6) is 0 Å². The zero-order valence-electron chi connectivity index (χ0n) is 16.5. The highest BCUT2D eigenvalue weighted by Gasteiger charge is 2.31. The molecule has 1 saturated heterocycles. The maximum absolute atomic E-state index is 13.5. The second kappa shape index (κ2) is 9.09. The van der Waals surface area contributed by atoms with Crippen LogP contribution in [0.2, 0.25) is 0 Å². The lowest BCUT2D eigenvalue weighted by atomic mass is 10.1. The zero-order chi connectivity index (χ0) is 20.9. The standard InChI is InChI=1S/C23H23F2N3O2/c24-19-9-8-17(15-20(19)25)23(29)26-16-21(22-7-4-14-30-22)28-12-10-27(11-13-28)18-5-2-1-3-6-18/h1-9,14-15,21H,10-13,16H2,(H,26,29)/p+1/t21-/m0/s1. The summed E-state index contributed by atoms with van der Waals surface area (Å²) >= 11 is 0. The molecule has 1 fully saturated rings. The Kier molecular flexibility index (Phi) is 6.09. The number of piperazine rings is 1. The Hall–Kier alpha value is -3.19. The zero-order valence-corrected chi connectivity index (χ0v) is 16.5. The number of amides is 1. The third kappa shape index (κ3) is 4.52. The van der Waals surface area contributed by atoms with Crippen LogP contribution in [0.1, 0.15) is 22.2 Å². The van der Waals surface area contributed by atoms with E-state index in [1.54, 1.807) is 6.26 Å². The van der Waals surface area contributed by atoms with Crippen molar-refractivity contribution < 1.29 is 22.9 Å². The number of carbonyl (C=O) groups excluding carboxylic acids is 1. The van der Waals surface area contributed by atoms with Gasteiger partial charge in [0.15, 0.2) is 23.4 Å². The molecule has 5 nitrogen and oxygen atoms in total. The van der Waals surface area contributed by atoms with E-state index in [2.05, 4.69) is 22.3 Å². The minimum Gasteiger partial charge on any atom is -0.463 e. The van der Waals surface area contributed by atoms with Crippen LogP contribution in [0.15, 0.2) is 71.3 Å². The van der Waals surface area contributed by atoms with E-state index in [9.17, 15) is 13.6 Å². The van der Waals surface area contributed by atoms with Crippen LogP contribution in [0.4, 0.5) is 14.5 Å². The van der Waals surface area contributed by atoms with E-state index in [0.717, 1.165) is 44.1 Å². The summed E-state index contributed by atoms with van der Waals surface area (Å²) in [5.74, 6) is -1.65. The molecule has 1 aliphatic rings. The Morgan fingerprint density at radius 1 is 1.03 bits per heavy atom. The number of hydrogen-bond donors (Lipinski definition) is 2. The largest absolute Gasteiger partial charge is 0.463 e. The number of quaternary nitrogens is 1. The van der Waals surface area contributed by atoms with E-state index in [1.165, 1.54) is 16.7 Å². The molecule has 2 N–H and O–H groups in total. The van der Waals surface area contributed by atoms with Gasteiger partial charge < -0.3 is 19.5 Å². The number of hydrogen-bond acceptors (Lipinski definition) is 3. The van der Waals surface area contributed by atoms with E-state index >= 15 is 0 Å². The molecule has 7 heteroatoms. The van der Waals surface area contributed by atoms with Crippen LogP contribution < -0.4 is 15.1 Å². The molecule has 156 valence electrons. The molecular formula is C23H24F2N3O2+. The normalized spacial score (nSPS) is 15.7. The van der Waals surface area contributed by atoms with Crippen molar-refractivity contribution in [1.29, 1.82) is 0 Å². The van der Waals surface area contributed by atoms with E-state index in [-0.39, 0.29) is 11.6 Å². The SMILES string of the molecule is O=C(NC[C@@H](c1ccco1)[NH+]1CCN(c2ccccc2)CC1)c1ccc(F)c(F)c1. The fourth-order valence-electron chi connectivity index (χ4n) is 3.91. The van der Waals surface area contributed by atoms with Crippen LogP contribution in [0, 0.1) is 11.6 Å². The van der Waals surface area contributed by atoms with Gasteiger partial charge in [0.2, 0.25) is 0 Å². The van der Waals surface area contributed by atoms with Crippen LogP contribution in [0.25, 0.3) is 0 Å². The van der Waals surface area contributed by atoms with Crippen molar-refractivity contribution in [3.05, 3.63) is 89.9 Å². The lowest BCUT2D eigenvalue weighted by Gasteiger charge is -2.37. The molecule has 0 spiro atoms. The van der Waals surface area contributed by atoms with Crippen molar-refractivity contribution >= 4 is 11.6 Å². The highest BCUT2D eigenvalue weighted by atomic mass is 19.2. The molecule has 2 aromatic carbocycles. The highest BCUT2D eigenvalue weighted by molar-refractivity contribution is 5.94. The fraction of sp³-hybridized carbons (Fsp3) is 0.261. The number of nitrogens with zero attached hydrogens (tertiary/aromatic N) is 1. The maximum atomic E-state index is 13.5. The van der Waals surface area contributed by atoms with Gasteiger partial charge in [0.1, 0.15) is 0 Å². The van der Waals surface area contributed by atoms with Crippen LogP contribution in [0.3, 0.4) is 0 Å². The molecule has 0 saturated carbocycles. The van der Waals surface area contributed by atoms with Gasteiger partial charge in [-0.25, -0.2) is 8.78 Å². The third-order valence-corrected chi connectivity index (χ3v) is 5.55. The number of rotatable bonds is 6. The Bertz CT molecular complexity index is 971. The minimum absolute atomic E-state index is 0.0628. The quantitative estimate of drug-likeness (QED) is 0.654. The molecule has 0 bridgehead atoms. The molecular weight excluding hydrogens is 388 g/mol. The van der Waals surface area contributed by atoms with Gasteiger partial charge in [0.25, 0.3) is 5.91 Å². The Morgan fingerprint density at radius 2 is 1.80 bits per heavy atom. The number of furan rings is 1. The lowest BCUT2D eigenvalue weighted by Crippen LogP contribution is -3.15. The van der Waals surface area contributed by atoms with E-state index < -0.39 is 17.5 Å². The summed E-state index contributed by atoms with van der Waals surface area (Å²) in [7, 11) is 0. The number of benzene rings is 2. The highest BCUT2D eigenvalue weighted by Crippen LogP contribution is 2.15. The van der Waals surface area contributed by atoms with Gasteiger partial charge in [0, 0.05) is 11.3 Å². The Labute approximate surface area is 173 Å². The van der Waals surface area contributed by atoms with Gasteiger partial charge in [-0.2, -0.15) is 0 Å². The smallest absolute Gasteiger partial charge is 0.251 e. The summed E-state index contributed by atoms with van der Waals surface area (Å²) in [6, 6.07) is 17.1. The summed E-state index contributed by atoms with van der Waals surface area (Å²) in [5.41, 5.74) is 1.30. The molecule has 3 aromatic rings. The first kappa shape index (κ1) is 20.1. The Balaban J connectivity index is 1.41. The topological polar surface area (TPSA) is 49.9 Å². The molecule has 2 heterocycles. The molecule has 1 aromatic heterocycles. The van der Waals surface area contributed by atoms with Gasteiger partial charge in [0.05, 0.1) is 39.0 Å². The van der Waals surface area contributed by atoms with Crippen molar-refractivity contribution in [2.75, 3.05) is 37.6 Å². The number of nitrogens with one attached hydrogen (secondary N) is 2.